The van der Waals surface area contributed by atoms with E-state index in [1.165, 1.54) is 10.9 Å². The smallest absolute Gasteiger partial charge is 0.320 e. The summed E-state index contributed by atoms with van der Waals surface area (Å²) in [5, 5.41) is 10.5. The van der Waals surface area contributed by atoms with Crippen LogP contribution in [-0.2, 0) is 14.3 Å². The second-order valence-corrected chi connectivity index (χ2v) is 6.68. The van der Waals surface area contributed by atoms with Gasteiger partial charge in [-0.3, -0.25) is 14.3 Å². The molecule has 1 aliphatic heterocycles. The second-order valence-electron chi connectivity index (χ2n) is 6.68. The summed E-state index contributed by atoms with van der Waals surface area (Å²) in [6.45, 7) is 5.05. The molecule has 11 heteroatoms. The van der Waals surface area contributed by atoms with Crippen LogP contribution >= 0.6 is 0 Å². The van der Waals surface area contributed by atoms with E-state index in [1.54, 1.807) is 0 Å². The van der Waals surface area contributed by atoms with Gasteiger partial charge in [-0.1, -0.05) is 19.8 Å². The number of carbonyl (C=O) groups excluding carboxylic acids is 1. The number of nitrogen functional groups attached to an aromatic ring is 1. The molecule has 3 N–H and O–H groups in total. The van der Waals surface area contributed by atoms with Gasteiger partial charge in [0, 0.05) is 6.42 Å². The number of ether oxygens (including phenoxy) is 2. The number of esters is 1. The van der Waals surface area contributed by atoms with Crippen molar-refractivity contribution in [2.45, 2.75) is 38.2 Å². The number of anilines is 1. The van der Waals surface area contributed by atoms with Gasteiger partial charge in [-0.2, -0.15) is 14.4 Å². The Morgan fingerprint density at radius 2 is 2.28 bits per heavy atom. The summed E-state index contributed by atoms with van der Waals surface area (Å²) in [6.07, 6.45) is 4.09. The molecule has 156 valence electrons. The molecule has 1 aliphatic rings. The minimum absolute atomic E-state index is 0.0643. The van der Waals surface area contributed by atoms with Crippen LogP contribution in [0.25, 0.3) is 11.2 Å². The topological polar surface area (TPSA) is 129 Å². The van der Waals surface area contributed by atoms with E-state index in [9.17, 15) is 14.3 Å². The molecule has 1 fully saturated rings. The predicted molar refractivity (Wildman–Crippen MR) is 101 cm³/mol. The standard InChI is InChI=1S/C18H23FN6O4/c1-4-18(9-28-13(27)8-24(5-2)6-3)11(26)7-12(29-18)25-10-21-14-15(20)22-17(19)23-16(14)25/h1,10-12,26H,5-9H2,2-3H3,(H2,20,22,23)/t11-,12+,18+/m0/s1. The zero-order valence-electron chi connectivity index (χ0n) is 16.2. The highest BCUT2D eigenvalue weighted by Crippen LogP contribution is 2.38. The van der Waals surface area contributed by atoms with E-state index in [2.05, 4.69) is 20.9 Å². The Morgan fingerprint density at radius 1 is 1.55 bits per heavy atom. The highest BCUT2D eigenvalue weighted by Gasteiger charge is 2.49. The number of fused-ring (bicyclic) bond motifs is 1. The molecule has 2 aromatic rings. The number of hydrogen-bond acceptors (Lipinski definition) is 9. The Morgan fingerprint density at radius 3 is 2.93 bits per heavy atom. The lowest BCUT2D eigenvalue weighted by Gasteiger charge is -2.26. The molecule has 0 radical (unpaired) electrons. The number of aliphatic hydroxyl groups excluding tert-OH is 1. The molecule has 3 rings (SSSR count). The number of rotatable bonds is 7. The van der Waals surface area contributed by atoms with Crippen LogP contribution in [-0.4, -0.2) is 73.4 Å². The first kappa shape index (κ1) is 20.9. The lowest BCUT2D eigenvalue weighted by atomic mass is 9.99. The number of hydrogen-bond donors (Lipinski definition) is 2. The third-order valence-electron chi connectivity index (χ3n) is 4.98. The first-order valence-electron chi connectivity index (χ1n) is 9.20. The van der Waals surface area contributed by atoms with Crippen molar-refractivity contribution < 1.29 is 23.8 Å². The molecule has 0 spiro atoms. The first-order valence-corrected chi connectivity index (χ1v) is 9.20. The van der Waals surface area contributed by atoms with Crippen LogP contribution in [0.2, 0.25) is 0 Å². The summed E-state index contributed by atoms with van der Waals surface area (Å²) in [5.41, 5.74) is 4.44. The van der Waals surface area contributed by atoms with Gasteiger partial charge in [-0.25, -0.2) is 4.98 Å². The number of nitrogens with zero attached hydrogens (tertiary/aromatic N) is 5. The highest BCUT2D eigenvalue weighted by molar-refractivity contribution is 5.81. The van der Waals surface area contributed by atoms with E-state index < -0.39 is 30.0 Å². The van der Waals surface area contributed by atoms with Crippen molar-refractivity contribution >= 4 is 23.0 Å². The van der Waals surface area contributed by atoms with E-state index in [0.717, 1.165) is 0 Å². The van der Waals surface area contributed by atoms with Crippen LogP contribution < -0.4 is 5.73 Å². The van der Waals surface area contributed by atoms with Crippen LogP contribution in [0.3, 0.4) is 0 Å². The molecular formula is C18H23FN6O4. The van der Waals surface area contributed by atoms with Crippen LogP contribution in [0.4, 0.5) is 10.2 Å². The Bertz CT molecular complexity index is 940. The largest absolute Gasteiger partial charge is 0.460 e. The Kier molecular flexibility index (Phi) is 5.97. The molecule has 10 nitrogen and oxygen atoms in total. The Hall–Kier alpha value is -2.81. The summed E-state index contributed by atoms with van der Waals surface area (Å²) < 4.78 is 26.1. The Labute approximate surface area is 166 Å². The highest BCUT2D eigenvalue weighted by atomic mass is 19.1. The average molecular weight is 406 g/mol. The maximum absolute atomic E-state index is 13.6. The number of imidazole rings is 1. The SMILES string of the molecule is C#C[C@]1(COC(=O)CN(CC)CC)O[C@@H](n2cnc3c(N)nc(F)nc32)C[C@@H]1O. The zero-order chi connectivity index (χ0) is 21.2. The number of aromatic nitrogens is 4. The zero-order valence-corrected chi connectivity index (χ0v) is 16.2. The molecule has 3 atom stereocenters. The van der Waals surface area contributed by atoms with Crippen molar-refractivity contribution in [3.8, 4) is 12.3 Å². The van der Waals surface area contributed by atoms with Gasteiger partial charge >= 0.3 is 12.0 Å². The van der Waals surface area contributed by atoms with Crippen LogP contribution in [0.1, 0.15) is 26.5 Å². The number of likely N-dealkylation sites (N-methyl/N-ethyl adjacent to an activating group) is 1. The number of nitrogens with two attached hydrogens (primary N) is 1. The quantitative estimate of drug-likeness (QED) is 0.373. The molecule has 3 heterocycles. The Balaban J connectivity index is 1.77. The van der Waals surface area contributed by atoms with Crippen molar-refractivity contribution in [3.63, 3.8) is 0 Å². The fourth-order valence-corrected chi connectivity index (χ4v) is 3.21. The van der Waals surface area contributed by atoms with Gasteiger partial charge in [-0.15, -0.1) is 6.42 Å². The molecule has 0 bridgehead atoms. The van der Waals surface area contributed by atoms with E-state index in [4.69, 9.17) is 21.6 Å². The fourth-order valence-electron chi connectivity index (χ4n) is 3.21. The second kappa shape index (κ2) is 8.28. The number of carbonyl (C=O) groups is 1. The first-order chi connectivity index (χ1) is 13.8. The molecule has 0 aromatic carbocycles. The maximum Gasteiger partial charge on any atom is 0.320 e. The minimum atomic E-state index is -1.54. The van der Waals surface area contributed by atoms with Crippen molar-refractivity contribution in [2.24, 2.45) is 0 Å². The lowest BCUT2D eigenvalue weighted by Crippen LogP contribution is -2.44. The van der Waals surface area contributed by atoms with E-state index in [-0.39, 0.29) is 36.6 Å². The summed E-state index contributed by atoms with van der Waals surface area (Å²) in [6, 6.07) is 0. The van der Waals surface area contributed by atoms with E-state index >= 15 is 0 Å². The summed E-state index contributed by atoms with van der Waals surface area (Å²) in [5.74, 6) is 1.81. The average Bonchev–Trinajstić information content (AvgIpc) is 3.26. The number of terminal acetylenes is 1. The van der Waals surface area contributed by atoms with Gasteiger partial charge in [0.05, 0.1) is 12.9 Å². The van der Waals surface area contributed by atoms with Gasteiger partial charge in [0.25, 0.3) is 0 Å². The number of halogens is 1. The normalized spacial score (nSPS) is 24.1. The fraction of sp³-hybridized carbons (Fsp3) is 0.556. The molecule has 0 amide bonds. The van der Waals surface area contributed by atoms with Crippen molar-refractivity contribution in [1.29, 1.82) is 0 Å². The van der Waals surface area contributed by atoms with Gasteiger partial charge in [0.2, 0.25) is 0 Å². The molecular weight excluding hydrogens is 383 g/mol. The molecule has 0 saturated carbocycles. The van der Waals surface area contributed by atoms with Crippen molar-refractivity contribution in [1.82, 2.24) is 24.4 Å². The lowest BCUT2D eigenvalue weighted by molar-refractivity contribution is -0.157. The monoisotopic (exact) mass is 406 g/mol. The van der Waals surface area contributed by atoms with Crippen molar-refractivity contribution in [2.75, 3.05) is 32.0 Å². The molecule has 2 aromatic heterocycles. The van der Waals surface area contributed by atoms with Crippen LogP contribution in [0, 0.1) is 18.4 Å². The van der Waals surface area contributed by atoms with Crippen LogP contribution in [0.5, 0.6) is 0 Å². The third-order valence-corrected chi connectivity index (χ3v) is 4.98. The maximum atomic E-state index is 13.6. The summed E-state index contributed by atoms with van der Waals surface area (Å²) in [7, 11) is 0. The van der Waals surface area contributed by atoms with Gasteiger partial charge in [0.1, 0.15) is 18.9 Å². The summed E-state index contributed by atoms with van der Waals surface area (Å²) >= 11 is 0. The van der Waals surface area contributed by atoms with Gasteiger partial charge in [0.15, 0.2) is 22.6 Å². The minimum Gasteiger partial charge on any atom is -0.460 e. The number of aliphatic hydroxyl groups is 1. The predicted octanol–water partition coefficient (Wildman–Crippen LogP) is 0.0844. The summed E-state index contributed by atoms with van der Waals surface area (Å²) in [4.78, 5) is 25.2. The molecule has 1 saturated heterocycles. The van der Waals surface area contributed by atoms with Gasteiger partial charge < -0.3 is 20.3 Å². The molecule has 29 heavy (non-hydrogen) atoms. The molecule has 0 aliphatic carbocycles. The van der Waals surface area contributed by atoms with Gasteiger partial charge in [-0.05, 0) is 13.1 Å². The van der Waals surface area contributed by atoms with Crippen molar-refractivity contribution in [3.05, 3.63) is 12.4 Å². The third kappa shape index (κ3) is 4.00. The van der Waals surface area contributed by atoms with E-state index in [0.29, 0.717) is 13.1 Å². The molecule has 0 unspecified atom stereocenters. The van der Waals surface area contributed by atoms with E-state index in [1.807, 2.05) is 18.7 Å². The van der Waals surface area contributed by atoms with Crippen LogP contribution in [0.15, 0.2) is 6.33 Å².